The number of aryl methyl sites for hydroxylation is 2. The van der Waals surface area contributed by atoms with Crippen molar-refractivity contribution in [2.24, 2.45) is 0 Å². The second-order valence-electron chi connectivity index (χ2n) is 4.44. The molecule has 1 aromatic carbocycles. The van der Waals surface area contributed by atoms with Gasteiger partial charge >= 0.3 is 0 Å². The molecule has 0 aliphatic heterocycles. The van der Waals surface area contributed by atoms with Crippen LogP contribution in [0.15, 0.2) is 41.6 Å². The van der Waals surface area contributed by atoms with Crippen LogP contribution in [0, 0.1) is 6.92 Å². The molecule has 0 amide bonds. The van der Waals surface area contributed by atoms with Crippen LogP contribution in [0.4, 0.5) is 0 Å². The minimum absolute atomic E-state index is 0.950. The zero-order valence-corrected chi connectivity index (χ0v) is 12.4. The highest BCUT2D eigenvalue weighted by molar-refractivity contribution is 7.99. The predicted molar refractivity (Wildman–Crippen MR) is 81.5 cm³/mol. The molecule has 102 valence electrons. The number of nitrogens with zero attached hydrogens (tertiary/aromatic N) is 2. The van der Waals surface area contributed by atoms with Gasteiger partial charge in [0.05, 0.1) is 0 Å². The van der Waals surface area contributed by atoms with Gasteiger partial charge in [-0.15, -0.1) is 11.8 Å². The SMILES string of the molecule is CCNCc1cccc(SCCn2ccnc2C)c1. The van der Waals surface area contributed by atoms with Gasteiger partial charge in [-0.25, -0.2) is 4.98 Å². The fourth-order valence-electron chi connectivity index (χ4n) is 1.92. The molecule has 0 saturated heterocycles. The van der Waals surface area contributed by atoms with Gasteiger partial charge in [-0.05, 0) is 31.2 Å². The molecule has 19 heavy (non-hydrogen) atoms. The van der Waals surface area contributed by atoms with Gasteiger partial charge in [0.15, 0.2) is 0 Å². The number of thioether (sulfide) groups is 1. The first-order chi connectivity index (χ1) is 9.29. The van der Waals surface area contributed by atoms with E-state index in [2.05, 4.69) is 46.1 Å². The van der Waals surface area contributed by atoms with Gasteiger partial charge in [-0.3, -0.25) is 0 Å². The lowest BCUT2D eigenvalue weighted by atomic mass is 10.2. The zero-order valence-electron chi connectivity index (χ0n) is 11.6. The van der Waals surface area contributed by atoms with Crippen molar-refractivity contribution in [1.29, 1.82) is 0 Å². The van der Waals surface area contributed by atoms with Crippen LogP contribution in [0.3, 0.4) is 0 Å². The summed E-state index contributed by atoms with van der Waals surface area (Å²) >= 11 is 1.90. The largest absolute Gasteiger partial charge is 0.334 e. The molecule has 2 rings (SSSR count). The molecule has 0 atom stereocenters. The summed E-state index contributed by atoms with van der Waals surface area (Å²) < 4.78 is 2.19. The van der Waals surface area contributed by atoms with Crippen molar-refractivity contribution in [2.45, 2.75) is 31.8 Å². The fourth-order valence-corrected chi connectivity index (χ4v) is 2.85. The quantitative estimate of drug-likeness (QED) is 0.788. The van der Waals surface area contributed by atoms with E-state index >= 15 is 0 Å². The summed E-state index contributed by atoms with van der Waals surface area (Å²) in [7, 11) is 0. The van der Waals surface area contributed by atoms with Crippen LogP contribution in [0.1, 0.15) is 18.3 Å². The maximum absolute atomic E-state index is 4.24. The maximum atomic E-state index is 4.24. The molecule has 1 N–H and O–H groups in total. The highest BCUT2D eigenvalue weighted by atomic mass is 32.2. The first kappa shape index (κ1) is 14.2. The van der Waals surface area contributed by atoms with E-state index < -0.39 is 0 Å². The summed E-state index contributed by atoms with van der Waals surface area (Å²) in [4.78, 5) is 5.58. The van der Waals surface area contributed by atoms with Gasteiger partial charge in [-0.2, -0.15) is 0 Å². The van der Waals surface area contributed by atoms with Crippen LogP contribution < -0.4 is 5.32 Å². The van der Waals surface area contributed by atoms with E-state index in [4.69, 9.17) is 0 Å². The van der Waals surface area contributed by atoms with Gasteiger partial charge in [0, 0.05) is 36.1 Å². The highest BCUT2D eigenvalue weighted by Gasteiger charge is 1.99. The van der Waals surface area contributed by atoms with Crippen LogP contribution >= 0.6 is 11.8 Å². The molecular formula is C15H21N3S. The Labute approximate surface area is 119 Å². The van der Waals surface area contributed by atoms with E-state index in [1.807, 2.05) is 31.1 Å². The summed E-state index contributed by atoms with van der Waals surface area (Å²) in [6, 6.07) is 8.76. The van der Waals surface area contributed by atoms with Crippen molar-refractivity contribution in [1.82, 2.24) is 14.9 Å². The highest BCUT2D eigenvalue weighted by Crippen LogP contribution is 2.19. The Bertz CT molecular complexity index is 508. The van der Waals surface area contributed by atoms with Crippen molar-refractivity contribution >= 4 is 11.8 Å². The maximum Gasteiger partial charge on any atom is 0.105 e. The van der Waals surface area contributed by atoms with E-state index in [-0.39, 0.29) is 0 Å². The number of hydrogen-bond donors (Lipinski definition) is 1. The zero-order chi connectivity index (χ0) is 13.5. The Kier molecular flexibility index (Phi) is 5.48. The van der Waals surface area contributed by atoms with Gasteiger partial charge in [0.25, 0.3) is 0 Å². The Balaban J connectivity index is 1.84. The number of benzene rings is 1. The second kappa shape index (κ2) is 7.36. The third kappa shape index (κ3) is 4.40. The van der Waals surface area contributed by atoms with Gasteiger partial charge in [0.1, 0.15) is 5.82 Å². The number of imidazole rings is 1. The molecule has 1 heterocycles. The van der Waals surface area contributed by atoms with Crippen LogP contribution in [-0.2, 0) is 13.1 Å². The third-order valence-electron chi connectivity index (χ3n) is 3.00. The molecule has 0 fully saturated rings. The standard InChI is InChI=1S/C15H21N3S/c1-3-16-12-14-5-4-6-15(11-14)19-10-9-18-8-7-17-13(18)2/h4-8,11,16H,3,9-10,12H2,1-2H3. The van der Waals surface area contributed by atoms with E-state index in [1.165, 1.54) is 10.5 Å². The lowest BCUT2D eigenvalue weighted by Gasteiger charge is -2.07. The van der Waals surface area contributed by atoms with E-state index in [1.54, 1.807) is 0 Å². The molecule has 3 nitrogen and oxygen atoms in total. The summed E-state index contributed by atoms with van der Waals surface area (Å²) in [6.07, 6.45) is 3.90. The number of hydrogen-bond acceptors (Lipinski definition) is 3. The second-order valence-corrected chi connectivity index (χ2v) is 5.61. The molecule has 0 spiro atoms. The molecule has 0 saturated carbocycles. The van der Waals surface area contributed by atoms with Crippen molar-refractivity contribution < 1.29 is 0 Å². The average molecular weight is 275 g/mol. The van der Waals surface area contributed by atoms with Crippen LogP contribution in [0.25, 0.3) is 0 Å². The smallest absolute Gasteiger partial charge is 0.105 e. The van der Waals surface area contributed by atoms with Crippen molar-refractivity contribution in [3.63, 3.8) is 0 Å². The first-order valence-electron chi connectivity index (χ1n) is 6.70. The van der Waals surface area contributed by atoms with Crippen LogP contribution in [0.2, 0.25) is 0 Å². The Hall–Kier alpha value is -1.26. The van der Waals surface area contributed by atoms with Crippen LogP contribution in [-0.4, -0.2) is 21.8 Å². The van der Waals surface area contributed by atoms with Crippen molar-refractivity contribution in [3.8, 4) is 0 Å². The lowest BCUT2D eigenvalue weighted by molar-refractivity contribution is 0.725. The Morgan fingerprint density at radius 1 is 1.37 bits per heavy atom. The normalized spacial score (nSPS) is 10.8. The van der Waals surface area contributed by atoms with Gasteiger partial charge in [0.2, 0.25) is 0 Å². The monoisotopic (exact) mass is 275 g/mol. The molecule has 0 unspecified atom stereocenters. The molecule has 0 aliphatic carbocycles. The molecule has 0 bridgehead atoms. The summed E-state index contributed by atoms with van der Waals surface area (Å²) in [5.74, 6) is 2.16. The lowest BCUT2D eigenvalue weighted by Crippen LogP contribution is -2.11. The fraction of sp³-hybridized carbons (Fsp3) is 0.400. The van der Waals surface area contributed by atoms with Crippen LogP contribution in [0.5, 0.6) is 0 Å². The molecule has 2 aromatic rings. The molecule has 0 radical (unpaired) electrons. The van der Waals surface area contributed by atoms with Gasteiger partial charge in [-0.1, -0.05) is 19.1 Å². The minimum Gasteiger partial charge on any atom is -0.334 e. The molecule has 1 aromatic heterocycles. The van der Waals surface area contributed by atoms with E-state index in [9.17, 15) is 0 Å². The topological polar surface area (TPSA) is 29.9 Å². The van der Waals surface area contributed by atoms with Gasteiger partial charge < -0.3 is 9.88 Å². The summed E-state index contributed by atoms with van der Waals surface area (Å²) in [6.45, 7) is 7.14. The van der Waals surface area contributed by atoms with Crippen molar-refractivity contribution in [3.05, 3.63) is 48.0 Å². The number of nitrogens with one attached hydrogen (secondary N) is 1. The molecular weight excluding hydrogens is 254 g/mol. The van der Waals surface area contributed by atoms with Crippen molar-refractivity contribution in [2.75, 3.05) is 12.3 Å². The Morgan fingerprint density at radius 2 is 2.26 bits per heavy atom. The minimum atomic E-state index is 0.950. The average Bonchev–Trinajstić information content (AvgIpc) is 2.83. The first-order valence-corrected chi connectivity index (χ1v) is 7.68. The summed E-state index contributed by atoms with van der Waals surface area (Å²) in [5, 5.41) is 3.36. The number of aromatic nitrogens is 2. The molecule has 4 heteroatoms. The van der Waals surface area contributed by atoms with E-state index in [0.29, 0.717) is 0 Å². The van der Waals surface area contributed by atoms with E-state index in [0.717, 1.165) is 31.2 Å². The number of rotatable bonds is 7. The molecule has 0 aliphatic rings. The Morgan fingerprint density at radius 3 is 3.00 bits per heavy atom. The predicted octanol–water partition coefficient (Wildman–Crippen LogP) is 3.09. The third-order valence-corrected chi connectivity index (χ3v) is 3.98. The summed E-state index contributed by atoms with van der Waals surface area (Å²) in [5.41, 5.74) is 1.35.